The van der Waals surface area contributed by atoms with Crippen molar-refractivity contribution in [2.75, 3.05) is 31.6 Å². The number of amides is 1. The number of likely N-dealkylation sites (N-methyl/N-ethyl adjacent to an activating group) is 1. The van der Waals surface area contributed by atoms with Gasteiger partial charge in [-0.15, -0.1) is 24.0 Å². The van der Waals surface area contributed by atoms with E-state index >= 15 is 0 Å². The average molecular weight is 499 g/mol. The summed E-state index contributed by atoms with van der Waals surface area (Å²) in [5, 5.41) is 6.78. The third-order valence-corrected chi connectivity index (χ3v) is 5.47. The number of anilines is 1. The van der Waals surface area contributed by atoms with Crippen LogP contribution in [0.3, 0.4) is 0 Å². The molecule has 0 aromatic heterocycles. The van der Waals surface area contributed by atoms with Gasteiger partial charge in [-0.3, -0.25) is 9.69 Å². The number of hydrogen-bond acceptors (Lipinski definition) is 3. The Balaban J connectivity index is 0.00000280. The number of nitrogens with one attached hydrogen (secondary N) is 2. The average Bonchev–Trinajstić information content (AvgIpc) is 3.44. The van der Waals surface area contributed by atoms with E-state index in [9.17, 15) is 4.79 Å². The van der Waals surface area contributed by atoms with Gasteiger partial charge in [0.1, 0.15) is 0 Å². The lowest BCUT2D eigenvalue weighted by molar-refractivity contribution is -0.117. The molecule has 0 spiro atoms. The molecule has 1 amide bonds. The monoisotopic (exact) mass is 499 g/mol. The molecule has 1 aliphatic heterocycles. The van der Waals surface area contributed by atoms with Crippen molar-refractivity contribution in [1.82, 2.24) is 15.5 Å². The fraction of sp³-hybridized carbons (Fsp3) is 0.619. The van der Waals surface area contributed by atoms with E-state index in [4.69, 9.17) is 4.99 Å². The summed E-state index contributed by atoms with van der Waals surface area (Å²) in [6.45, 7) is 7.52. The Kier molecular flexibility index (Phi) is 9.01. The standard InChI is InChI=1S/C21H33N5O.HI/c1-4-22-21(23-14-16(2)25(3)18-11-12-18)24-15-17-7-9-19(10-8-17)26-13-5-6-20(26)27;/h7-10,16,18H,4-6,11-15H2,1-3H3,(H2,22,23,24);1H. The zero-order valence-electron chi connectivity index (χ0n) is 17.3. The maximum atomic E-state index is 11.9. The van der Waals surface area contributed by atoms with Crippen LogP contribution < -0.4 is 15.5 Å². The smallest absolute Gasteiger partial charge is 0.227 e. The quantitative estimate of drug-likeness (QED) is 0.328. The second kappa shape index (κ2) is 11.0. The number of carbonyl (C=O) groups is 1. The molecule has 2 fully saturated rings. The van der Waals surface area contributed by atoms with Crippen molar-refractivity contribution in [1.29, 1.82) is 0 Å². The molecule has 1 heterocycles. The lowest BCUT2D eigenvalue weighted by atomic mass is 10.2. The van der Waals surface area contributed by atoms with Crippen molar-refractivity contribution in [2.24, 2.45) is 4.99 Å². The minimum atomic E-state index is 0. The van der Waals surface area contributed by atoms with Crippen molar-refractivity contribution < 1.29 is 4.79 Å². The number of rotatable bonds is 8. The number of benzene rings is 1. The third-order valence-electron chi connectivity index (χ3n) is 5.47. The highest BCUT2D eigenvalue weighted by Crippen LogP contribution is 2.26. The summed E-state index contributed by atoms with van der Waals surface area (Å²) in [5.74, 6) is 1.08. The molecule has 1 atom stereocenters. The molecule has 1 unspecified atom stereocenters. The van der Waals surface area contributed by atoms with E-state index in [1.54, 1.807) is 0 Å². The largest absolute Gasteiger partial charge is 0.357 e. The zero-order valence-corrected chi connectivity index (χ0v) is 19.6. The van der Waals surface area contributed by atoms with Gasteiger partial charge in [0.05, 0.1) is 6.54 Å². The van der Waals surface area contributed by atoms with Gasteiger partial charge in [-0.2, -0.15) is 0 Å². The van der Waals surface area contributed by atoms with Crippen molar-refractivity contribution in [3.8, 4) is 0 Å². The molecule has 7 heteroatoms. The molecule has 1 aromatic carbocycles. The van der Waals surface area contributed by atoms with E-state index < -0.39 is 0 Å². The van der Waals surface area contributed by atoms with Crippen LogP contribution in [-0.2, 0) is 11.3 Å². The first-order valence-electron chi connectivity index (χ1n) is 10.2. The van der Waals surface area contributed by atoms with Crippen LogP contribution in [0.2, 0.25) is 0 Å². The predicted octanol–water partition coefficient (Wildman–Crippen LogP) is 2.97. The summed E-state index contributed by atoms with van der Waals surface area (Å²) in [4.78, 5) is 20.9. The fourth-order valence-electron chi connectivity index (χ4n) is 3.44. The molecule has 1 saturated carbocycles. The molecule has 0 radical (unpaired) electrons. The van der Waals surface area contributed by atoms with Crippen molar-refractivity contribution in [3.63, 3.8) is 0 Å². The number of guanidine groups is 1. The SMILES string of the molecule is CCNC(=NCc1ccc(N2CCCC2=O)cc1)NCC(C)N(C)C1CC1.I. The van der Waals surface area contributed by atoms with E-state index in [0.29, 0.717) is 19.0 Å². The Bertz CT molecular complexity index is 659. The summed E-state index contributed by atoms with van der Waals surface area (Å²) in [7, 11) is 2.21. The van der Waals surface area contributed by atoms with Crippen LogP contribution in [0.25, 0.3) is 0 Å². The second-order valence-corrected chi connectivity index (χ2v) is 7.64. The molecule has 1 aromatic rings. The Morgan fingerprint density at radius 3 is 2.57 bits per heavy atom. The van der Waals surface area contributed by atoms with E-state index in [0.717, 1.165) is 49.3 Å². The van der Waals surface area contributed by atoms with Gasteiger partial charge < -0.3 is 15.5 Å². The first kappa shape index (κ1) is 22.9. The number of hydrogen-bond donors (Lipinski definition) is 2. The third kappa shape index (κ3) is 6.34. The zero-order chi connectivity index (χ0) is 19.2. The van der Waals surface area contributed by atoms with Gasteiger partial charge in [-0.25, -0.2) is 4.99 Å². The van der Waals surface area contributed by atoms with Gasteiger partial charge >= 0.3 is 0 Å². The second-order valence-electron chi connectivity index (χ2n) is 7.64. The topological polar surface area (TPSA) is 60.0 Å². The molecule has 6 nitrogen and oxygen atoms in total. The summed E-state index contributed by atoms with van der Waals surface area (Å²) >= 11 is 0. The number of carbonyl (C=O) groups excluding carboxylic acids is 1. The molecule has 2 aliphatic rings. The number of aliphatic imine (C=N–C) groups is 1. The van der Waals surface area contributed by atoms with E-state index in [2.05, 4.69) is 48.6 Å². The van der Waals surface area contributed by atoms with Crippen LogP contribution in [-0.4, -0.2) is 55.5 Å². The summed E-state index contributed by atoms with van der Waals surface area (Å²) in [5.41, 5.74) is 2.14. The molecule has 156 valence electrons. The molecule has 3 rings (SSSR count). The number of nitrogens with zero attached hydrogens (tertiary/aromatic N) is 3. The summed E-state index contributed by atoms with van der Waals surface area (Å²) in [6, 6.07) is 9.44. The van der Waals surface area contributed by atoms with Crippen molar-refractivity contribution in [2.45, 2.75) is 58.2 Å². The lowest BCUT2D eigenvalue weighted by Gasteiger charge is -2.25. The highest BCUT2D eigenvalue weighted by molar-refractivity contribution is 14.0. The lowest BCUT2D eigenvalue weighted by Crippen LogP contribution is -2.45. The minimum Gasteiger partial charge on any atom is -0.357 e. The Morgan fingerprint density at radius 1 is 1.29 bits per heavy atom. The van der Waals surface area contributed by atoms with Crippen LogP contribution in [0.1, 0.15) is 45.1 Å². The minimum absolute atomic E-state index is 0. The Hall–Kier alpha value is -1.35. The molecule has 1 aliphatic carbocycles. The van der Waals surface area contributed by atoms with E-state index in [-0.39, 0.29) is 29.9 Å². The molecule has 1 saturated heterocycles. The van der Waals surface area contributed by atoms with Crippen LogP contribution in [0.4, 0.5) is 5.69 Å². The van der Waals surface area contributed by atoms with Crippen LogP contribution >= 0.6 is 24.0 Å². The normalized spacial score (nSPS) is 18.2. The van der Waals surface area contributed by atoms with Crippen molar-refractivity contribution in [3.05, 3.63) is 29.8 Å². The highest BCUT2D eigenvalue weighted by atomic mass is 127. The van der Waals surface area contributed by atoms with Gasteiger partial charge in [0.15, 0.2) is 5.96 Å². The maximum Gasteiger partial charge on any atom is 0.227 e. The Morgan fingerprint density at radius 2 is 2.00 bits per heavy atom. The van der Waals surface area contributed by atoms with Gasteiger partial charge in [0, 0.05) is 43.8 Å². The fourth-order valence-corrected chi connectivity index (χ4v) is 3.44. The molecular formula is C21H34IN5O. The molecule has 2 N–H and O–H groups in total. The highest BCUT2D eigenvalue weighted by Gasteiger charge is 2.29. The summed E-state index contributed by atoms with van der Waals surface area (Å²) < 4.78 is 0. The molecule has 28 heavy (non-hydrogen) atoms. The van der Waals surface area contributed by atoms with Crippen LogP contribution in [0.5, 0.6) is 0 Å². The van der Waals surface area contributed by atoms with Gasteiger partial charge in [-0.1, -0.05) is 12.1 Å². The number of halogens is 1. The van der Waals surface area contributed by atoms with Gasteiger partial charge in [0.2, 0.25) is 5.91 Å². The van der Waals surface area contributed by atoms with Crippen molar-refractivity contribution >= 4 is 41.5 Å². The Labute approximate surface area is 186 Å². The van der Waals surface area contributed by atoms with E-state index in [1.807, 2.05) is 17.0 Å². The maximum absolute atomic E-state index is 11.9. The predicted molar refractivity (Wildman–Crippen MR) is 127 cm³/mol. The first-order valence-corrected chi connectivity index (χ1v) is 10.2. The van der Waals surface area contributed by atoms with Crippen LogP contribution in [0, 0.1) is 0 Å². The van der Waals surface area contributed by atoms with Gasteiger partial charge in [0.25, 0.3) is 0 Å². The molecular weight excluding hydrogens is 465 g/mol. The van der Waals surface area contributed by atoms with Crippen LogP contribution in [0.15, 0.2) is 29.3 Å². The first-order chi connectivity index (χ1) is 13.1. The molecule has 0 bridgehead atoms. The summed E-state index contributed by atoms with van der Waals surface area (Å²) in [6.07, 6.45) is 4.27. The van der Waals surface area contributed by atoms with Gasteiger partial charge in [-0.05, 0) is 57.9 Å². The van der Waals surface area contributed by atoms with E-state index in [1.165, 1.54) is 12.8 Å².